The molecule has 0 radical (unpaired) electrons. The second kappa shape index (κ2) is 5.29. The van der Waals surface area contributed by atoms with Crippen LogP contribution in [0.5, 0.6) is 0 Å². The van der Waals surface area contributed by atoms with Crippen LogP contribution >= 0.6 is 0 Å². The first-order chi connectivity index (χ1) is 7.84. The standard InChI is InChI=1S/C11H21BN2O3/c1-10(2)11(3,4)17-12(16-10)9(7-13)8-14-5-6-15/h7-9,13,15H,5-6H2,1-4H3. The molecule has 0 aromatic rings. The third-order valence-corrected chi connectivity index (χ3v) is 3.28. The van der Waals surface area contributed by atoms with Crippen molar-refractivity contribution in [3.8, 4) is 0 Å². The normalized spacial score (nSPS) is 24.2. The summed E-state index contributed by atoms with van der Waals surface area (Å²) in [4.78, 5) is 4.01. The molecule has 96 valence electrons. The number of aliphatic imine (C=N–C) groups is 1. The van der Waals surface area contributed by atoms with Gasteiger partial charge in [0.25, 0.3) is 0 Å². The van der Waals surface area contributed by atoms with Gasteiger partial charge in [-0.1, -0.05) is 0 Å². The smallest absolute Gasteiger partial charge is 0.403 e. The molecule has 1 aliphatic heterocycles. The van der Waals surface area contributed by atoms with Gasteiger partial charge in [-0.05, 0) is 27.7 Å². The average molecular weight is 240 g/mol. The fourth-order valence-corrected chi connectivity index (χ4v) is 1.49. The van der Waals surface area contributed by atoms with Crippen LogP contribution < -0.4 is 0 Å². The van der Waals surface area contributed by atoms with Crippen molar-refractivity contribution in [3.05, 3.63) is 0 Å². The molecule has 2 N–H and O–H groups in total. The van der Waals surface area contributed by atoms with Gasteiger partial charge in [0.15, 0.2) is 0 Å². The van der Waals surface area contributed by atoms with E-state index in [0.717, 1.165) is 0 Å². The van der Waals surface area contributed by atoms with E-state index in [1.165, 1.54) is 6.21 Å². The molecular weight excluding hydrogens is 219 g/mol. The van der Waals surface area contributed by atoms with Crippen LogP contribution in [0.25, 0.3) is 0 Å². The van der Waals surface area contributed by atoms with E-state index in [-0.39, 0.29) is 12.4 Å². The van der Waals surface area contributed by atoms with Gasteiger partial charge in [-0.3, -0.25) is 4.99 Å². The summed E-state index contributed by atoms with van der Waals surface area (Å²) in [7, 11) is -0.486. The van der Waals surface area contributed by atoms with E-state index in [9.17, 15) is 0 Å². The predicted octanol–water partition coefficient (Wildman–Crippen LogP) is 1.16. The van der Waals surface area contributed by atoms with E-state index < -0.39 is 18.3 Å². The molecule has 0 bridgehead atoms. The first-order valence-corrected chi connectivity index (χ1v) is 5.81. The van der Waals surface area contributed by atoms with Gasteiger partial charge < -0.3 is 19.8 Å². The zero-order chi connectivity index (χ0) is 13.1. The molecule has 0 aromatic heterocycles. The van der Waals surface area contributed by atoms with Crippen molar-refractivity contribution >= 4 is 19.5 Å². The molecule has 1 heterocycles. The van der Waals surface area contributed by atoms with Gasteiger partial charge in [0, 0.05) is 12.4 Å². The van der Waals surface area contributed by atoms with Crippen molar-refractivity contribution in [1.82, 2.24) is 0 Å². The summed E-state index contributed by atoms with van der Waals surface area (Å²) in [5, 5.41) is 16.0. The molecule has 5 nitrogen and oxygen atoms in total. The first-order valence-electron chi connectivity index (χ1n) is 5.81. The summed E-state index contributed by atoms with van der Waals surface area (Å²) in [6.07, 6.45) is 2.86. The van der Waals surface area contributed by atoms with Gasteiger partial charge in [0.1, 0.15) is 0 Å². The minimum atomic E-state index is -0.486. The maximum Gasteiger partial charge on any atom is 0.472 e. The molecule has 6 heteroatoms. The van der Waals surface area contributed by atoms with Crippen LogP contribution in [0, 0.1) is 5.41 Å². The number of nitrogens with one attached hydrogen (secondary N) is 1. The molecule has 0 saturated carbocycles. The number of nitrogens with zero attached hydrogens (tertiary/aromatic N) is 1. The third kappa shape index (κ3) is 3.15. The molecule has 0 aliphatic carbocycles. The van der Waals surface area contributed by atoms with Crippen LogP contribution in [0.1, 0.15) is 27.7 Å². The highest BCUT2D eigenvalue weighted by Gasteiger charge is 2.53. The van der Waals surface area contributed by atoms with E-state index in [1.807, 2.05) is 27.7 Å². The molecule has 1 aliphatic rings. The Hall–Kier alpha value is -0.715. The largest absolute Gasteiger partial charge is 0.472 e. The molecule has 1 unspecified atom stereocenters. The predicted molar refractivity (Wildman–Crippen MR) is 69.1 cm³/mol. The van der Waals surface area contributed by atoms with E-state index >= 15 is 0 Å². The average Bonchev–Trinajstić information content (AvgIpc) is 2.43. The minimum Gasteiger partial charge on any atom is -0.403 e. The number of aliphatic hydroxyl groups is 1. The summed E-state index contributed by atoms with van der Waals surface area (Å²) in [5.41, 5.74) is -0.798. The molecule has 1 rings (SSSR count). The molecular formula is C11H21BN2O3. The van der Waals surface area contributed by atoms with Crippen LogP contribution in [0.3, 0.4) is 0 Å². The van der Waals surface area contributed by atoms with Crippen LogP contribution in [0.15, 0.2) is 4.99 Å². The lowest BCUT2D eigenvalue weighted by atomic mass is 9.73. The quantitative estimate of drug-likeness (QED) is 0.559. The lowest BCUT2D eigenvalue weighted by Gasteiger charge is -2.32. The monoisotopic (exact) mass is 240 g/mol. The van der Waals surface area contributed by atoms with Crippen molar-refractivity contribution in [2.75, 3.05) is 13.2 Å². The Balaban J connectivity index is 2.71. The van der Waals surface area contributed by atoms with Crippen LogP contribution in [0.4, 0.5) is 0 Å². The SMILES string of the molecule is CC1(C)OB(C(C=N)C=NCCO)OC1(C)C. The highest BCUT2D eigenvalue weighted by Crippen LogP contribution is 2.39. The highest BCUT2D eigenvalue weighted by atomic mass is 16.7. The van der Waals surface area contributed by atoms with Gasteiger partial charge in [0.2, 0.25) is 0 Å². The summed E-state index contributed by atoms with van der Waals surface area (Å²) >= 11 is 0. The van der Waals surface area contributed by atoms with Gasteiger partial charge in [0.05, 0.1) is 30.2 Å². The van der Waals surface area contributed by atoms with Crippen molar-refractivity contribution < 1.29 is 14.4 Å². The zero-order valence-corrected chi connectivity index (χ0v) is 10.9. The summed E-state index contributed by atoms with van der Waals surface area (Å²) in [5.74, 6) is -0.317. The highest BCUT2D eigenvalue weighted by molar-refractivity contribution is 6.56. The summed E-state index contributed by atoms with van der Waals surface area (Å²) in [6.45, 7) is 8.23. The van der Waals surface area contributed by atoms with Crippen molar-refractivity contribution in [1.29, 1.82) is 5.41 Å². The van der Waals surface area contributed by atoms with E-state index in [2.05, 4.69) is 4.99 Å². The molecule has 1 fully saturated rings. The topological polar surface area (TPSA) is 74.9 Å². The maximum absolute atomic E-state index is 8.65. The summed E-state index contributed by atoms with van der Waals surface area (Å²) < 4.78 is 11.6. The fraction of sp³-hybridized carbons (Fsp3) is 0.818. The number of hydrogen-bond donors (Lipinski definition) is 2. The number of rotatable bonds is 5. The minimum absolute atomic E-state index is 0.00455. The van der Waals surface area contributed by atoms with E-state index in [4.69, 9.17) is 19.8 Å². The van der Waals surface area contributed by atoms with Gasteiger partial charge in [-0.2, -0.15) is 0 Å². The first kappa shape index (κ1) is 14.3. The Morgan fingerprint density at radius 1 is 1.29 bits per heavy atom. The number of hydrogen-bond acceptors (Lipinski definition) is 5. The van der Waals surface area contributed by atoms with Gasteiger partial charge in [-0.25, -0.2) is 0 Å². The van der Waals surface area contributed by atoms with Gasteiger partial charge in [-0.15, -0.1) is 0 Å². The van der Waals surface area contributed by atoms with Crippen LogP contribution in [-0.2, 0) is 9.31 Å². The van der Waals surface area contributed by atoms with E-state index in [1.54, 1.807) is 6.21 Å². The summed E-state index contributed by atoms with van der Waals surface area (Å²) in [6, 6.07) is 0. The Morgan fingerprint density at radius 2 is 1.82 bits per heavy atom. The lowest BCUT2D eigenvalue weighted by molar-refractivity contribution is 0.00578. The Bertz CT molecular complexity index is 289. The lowest BCUT2D eigenvalue weighted by Crippen LogP contribution is -2.41. The molecule has 1 saturated heterocycles. The Kier molecular flexibility index (Phi) is 4.46. The van der Waals surface area contributed by atoms with Gasteiger partial charge >= 0.3 is 7.12 Å². The molecule has 0 spiro atoms. The van der Waals surface area contributed by atoms with Crippen LogP contribution in [0.2, 0.25) is 5.82 Å². The Labute approximate surface area is 103 Å². The fourth-order valence-electron chi connectivity index (χ4n) is 1.49. The second-order valence-electron chi connectivity index (χ2n) is 5.15. The molecule has 0 amide bonds. The second-order valence-corrected chi connectivity index (χ2v) is 5.15. The molecule has 0 aromatic carbocycles. The third-order valence-electron chi connectivity index (χ3n) is 3.28. The molecule has 1 atom stereocenters. The van der Waals surface area contributed by atoms with Crippen molar-refractivity contribution in [2.24, 2.45) is 4.99 Å². The zero-order valence-electron chi connectivity index (χ0n) is 10.9. The number of aliphatic hydroxyl groups excluding tert-OH is 1. The van der Waals surface area contributed by atoms with Crippen molar-refractivity contribution in [2.45, 2.75) is 44.7 Å². The molecule has 17 heavy (non-hydrogen) atoms. The maximum atomic E-state index is 8.65. The van der Waals surface area contributed by atoms with E-state index in [0.29, 0.717) is 6.54 Å². The van der Waals surface area contributed by atoms with Crippen LogP contribution in [-0.4, -0.2) is 49.0 Å². The Morgan fingerprint density at radius 3 is 2.24 bits per heavy atom. The van der Waals surface area contributed by atoms with Crippen molar-refractivity contribution in [3.63, 3.8) is 0 Å².